The number of nitrogens with one attached hydrogen (secondary N) is 1. The van der Waals surface area contributed by atoms with Crippen molar-refractivity contribution in [3.63, 3.8) is 0 Å². The van der Waals surface area contributed by atoms with E-state index < -0.39 is 12.0 Å². The van der Waals surface area contributed by atoms with Crippen LogP contribution in [0, 0.1) is 5.92 Å². The van der Waals surface area contributed by atoms with E-state index in [1.165, 1.54) is 0 Å². The first-order chi connectivity index (χ1) is 10.6. The van der Waals surface area contributed by atoms with Crippen LogP contribution in [0.15, 0.2) is 42.5 Å². The Morgan fingerprint density at radius 3 is 2.55 bits per heavy atom. The zero-order valence-electron chi connectivity index (χ0n) is 12.3. The van der Waals surface area contributed by atoms with E-state index in [1.54, 1.807) is 0 Å². The molecule has 1 unspecified atom stereocenters. The van der Waals surface area contributed by atoms with Gasteiger partial charge in [0, 0.05) is 12.3 Å². The number of carboxylic acids is 1. The van der Waals surface area contributed by atoms with Crippen molar-refractivity contribution in [2.75, 3.05) is 0 Å². The molecule has 4 nitrogen and oxygen atoms in total. The van der Waals surface area contributed by atoms with Crippen molar-refractivity contribution in [3.05, 3.63) is 48.0 Å². The third kappa shape index (κ3) is 2.96. The Labute approximate surface area is 129 Å². The predicted molar refractivity (Wildman–Crippen MR) is 84.6 cm³/mol. The highest BCUT2D eigenvalue weighted by Gasteiger charge is 2.29. The summed E-state index contributed by atoms with van der Waals surface area (Å²) in [6.07, 6.45) is 3.09. The normalized spacial score (nSPS) is 16.0. The molecule has 4 heteroatoms. The molecule has 0 spiro atoms. The van der Waals surface area contributed by atoms with Gasteiger partial charge >= 0.3 is 5.97 Å². The molecule has 1 atom stereocenters. The van der Waals surface area contributed by atoms with Gasteiger partial charge in [-0.2, -0.15) is 0 Å². The third-order valence-electron chi connectivity index (χ3n) is 4.39. The van der Waals surface area contributed by atoms with Crippen LogP contribution in [0.4, 0.5) is 0 Å². The lowest BCUT2D eigenvalue weighted by Crippen LogP contribution is -2.46. The van der Waals surface area contributed by atoms with Crippen LogP contribution >= 0.6 is 0 Å². The van der Waals surface area contributed by atoms with Crippen molar-refractivity contribution < 1.29 is 14.7 Å². The van der Waals surface area contributed by atoms with Gasteiger partial charge in [-0.25, -0.2) is 4.79 Å². The van der Waals surface area contributed by atoms with Gasteiger partial charge in [0.1, 0.15) is 6.04 Å². The molecule has 22 heavy (non-hydrogen) atoms. The summed E-state index contributed by atoms with van der Waals surface area (Å²) in [6.45, 7) is 0. The molecule has 2 aromatic carbocycles. The number of rotatable bonds is 5. The van der Waals surface area contributed by atoms with Gasteiger partial charge in [-0.15, -0.1) is 0 Å². The van der Waals surface area contributed by atoms with Crippen LogP contribution in [0.2, 0.25) is 0 Å². The van der Waals surface area contributed by atoms with Gasteiger partial charge in [-0.1, -0.05) is 48.9 Å². The first-order valence-electron chi connectivity index (χ1n) is 7.65. The van der Waals surface area contributed by atoms with Crippen molar-refractivity contribution in [2.45, 2.75) is 31.7 Å². The molecular weight excluding hydrogens is 278 g/mol. The van der Waals surface area contributed by atoms with E-state index in [9.17, 15) is 14.7 Å². The Kier molecular flexibility index (Phi) is 4.09. The van der Waals surface area contributed by atoms with Gasteiger partial charge in [0.15, 0.2) is 0 Å². The third-order valence-corrected chi connectivity index (χ3v) is 4.39. The van der Waals surface area contributed by atoms with E-state index >= 15 is 0 Å². The van der Waals surface area contributed by atoms with Crippen LogP contribution in [-0.2, 0) is 16.0 Å². The summed E-state index contributed by atoms with van der Waals surface area (Å²) < 4.78 is 0. The molecule has 1 aliphatic carbocycles. The fraction of sp³-hybridized carbons (Fsp3) is 0.333. The van der Waals surface area contributed by atoms with Gasteiger partial charge < -0.3 is 10.4 Å². The number of carboxylic acid groups (broad SMARTS) is 1. The molecule has 2 N–H and O–H groups in total. The molecule has 1 saturated carbocycles. The summed E-state index contributed by atoms with van der Waals surface area (Å²) in [6, 6.07) is 12.9. The fourth-order valence-electron chi connectivity index (χ4n) is 2.85. The molecule has 0 aliphatic heterocycles. The molecule has 3 rings (SSSR count). The minimum atomic E-state index is -0.986. The number of fused-ring (bicyclic) bond motifs is 1. The number of amides is 1. The Hall–Kier alpha value is -2.36. The van der Waals surface area contributed by atoms with Gasteiger partial charge in [-0.05, 0) is 29.2 Å². The van der Waals surface area contributed by atoms with Crippen molar-refractivity contribution in [3.8, 4) is 0 Å². The minimum absolute atomic E-state index is 0.00522. The maximum Gasteiger partial charge on any atom is 0.326 e. The van der Waals surface area contributed by atoms with Gasteiger partial charge in [-0.3, -0.25) is 4.79 Å². The Bertz CT molecular complexity index is 701. The average Bonchev–Trinajstić information content (AvgIpc) is 2.45. The maximum absolute atomic E-state index is 12.0. The van der Waals surface area contributed by atoms with Crippen LogP contribution in [0.5, 0.6) is 0 Å². The summed E-state index contributed by atoms with van der Waals surface area (Å²) in [5.74, 6) is -1.12. The highest BCUT2D eigenvalue weighted by molar-refractivity contribution is 5.88. The average molecular weight is 297 g/mol. The predicted octanol–water partition coefficient (Wildman–Crippen LogP) is 2.75. The van der Waals surface area contributed by atoms with Crippen molar-refractivity contribution in [1.82, 2.24) is 5.32 Å². The minimum Gasteiger partial charge on any atom is -0.480 e. The van der Waals surface area contributed by atoms with Crippen LogP contribution in [0.25, 0.3) is 10.8 Å². The summed E-state index contributed by atoms with van der Waals surface area (Å²) >= 11 is 0. The van der Waals surface area contributed by atoms with E-state index in [4.69, 9.17) is 0 Å². The van der Waals surface area contributed by atoms with Gasteiger partial charge in [0.2, 0.25) is 5.91 Å². The SMILES string of the molecule is O=C(NC(Cc1cccc2ccccc12)C(=O)O)C1CCC1. The molecule has 0 saturated heterocycles. The fourth-order valence-corrected chi connectivity index (χ4v) is 2.85. The number of aliphatic carboxylic acids is 1. The van der Waals surface area contributed by atoms with E-state index in [-0.39, 0.29) is 11.8 Å². The summed E-state index contributed by atoms with van der Waals surface area (Å²) in [4.78, 5) is 23.5. The molecule has 0 aromatic heterocycles. The second-order valence-electron chi connectivity index (χ2n) is 5.87. The van der Waals surface area contributed by atoms with Crippen molar-refractivity contribution in [2.24, 2.45) is 5.92 Å². The largest absolute Gasteiger partial charge is 0.480 e. The summed E-state index contributed by atoms with van der Waals surface area (Å²) in [5.41, 5.74) is 0.944. The quantitative estimate of drug-likeness (QED) is 0.891. The Morgan fingerprint density at radius 2 is 1.86 bits per heavy atom. The van der Waals surface area contributed by atoms with Crippen molar-refractivity contribution in [1.29, 1.82) is 0 Å². The first kappa shape index (κ1) is 14.6. The molecule has 1 aliphatic rings. The first-order valence-corrected chi connectivity index (χ1v) is 7.65. The number of benzene rings is 2. The topological polar surface area (TPSA) is 66.4 Å². The highest BCUT2D eigenvalue weighted by Crippen LogP contribution is 2.26. The zero-order valence-corrected chi connectivity index (χ0v) is 12.3. The smallest absolute Gasteiger partial charge is 0.326 e. The summed E-state index contributed by atoms with van der Waals surface area (Å²) in [5, 5.41) is 14.2. The van der Waals surface area contributed by atoms with Crippen LogP contribution < -0.4 is 5.32 Å². The molecule has 1 amide bonds. The Morgan fingerprint density at radius 1 is 1.14 bits per heavy atom. The molecule has 0 heterocycles. The number of hydrogen-bond donors (Lipinski definition) is 2. The molecule has 114 valence electrons. The lowest BCUT2D eigenvalue weighted by atomic mass is 9.84. The molecular formula is C18H19NO3. The highest BCUT2D eigenvalue weighted by atomic mass is 16.4. The monoisotopic (exact) mass is 297 g/mol. The maximum atomic E-state index is 12.0. The number of hydrogen-bond acceptors (Lipinski definition) is 2. The second-order valence-corrected chi connectivity index (χ2v) is 5.87. The molecule has 0 bridgehead atoms. The molecule has 0 radical (unpaired) electrons. The van der Waals surface area contributed by atoms with E-state index in [0.29, 0.717) is 6.42 Å². The zero-order chi connectivity index (χ0) is 15.5. The van der Waals surface area contributed by atoms with Crippen LogP contribution in [0.3, 0.4) is 0 Å². The number of carbonyl (C=O) groups is 2. The van der Waals surface area contributed by atoms with Gasteiger partial charge in [0.05, 0.1) is 0 Å². The van der Waals surface area contributed by atoms with E-state index in [0.717, 1.165) is 35.6 Å². The van der Waals surface area contributed by atoms with Crippen molar-refractivity contribution >= 4 is 22.6 Å². The number of carbonyl (C=O) groups excluding carboxylic acids is 1. The van der Waals surface area contributed by atoms with E-state index in [1.807, 2.05) is 42.5 Å². The van der Waals surface area contributed by atoms with Crippen LogP contribution in [-0.4, -0.2) is 23.0 Å². The van der Waals surface area contributed by atoms with Crippen LogP contribution in [0.1, 0.15) is 24.8 Å². The lowest BCUT2D eigenvalue weighted by Gasteiger charge is -2.26. The Balaban J connectivity index is 1.80. The molecule has 2 aromatic rings. The summed E-state index contributed by atoms with van der Waals surface area (Å²) in [7, 11) is 0. The molecule has 1 fully saturated rings. The standard InChI is InChI=1S/C18H19NO3/c20-17(13-7-4-8-13)19-16(18(21)22)11-14-9-3-6-12-5-1-2-10-15(12)14/h1-3,5-6,9-10,13,16H,4,7-8,11H2,(H,19,20)(H,21,22). The van der Waals surface area contributed by atoms with Gasteiger partial charge in [0.25, 0.3) is 0 Å². The second kappa shape index (κ2) is 6.18. The lowest BCUT2D eigenvalue weighted by molar-refractivity contribution is -0.143. The van der Waals surface area contributed by atoms with E-state index in [2.05, 4.69) is 5.32 Å².